The maximum Gasteiger partial charge on any atom is 0.286 e. The van der Waals surface area contributed by atoms with Gasteiger partial charge in [0, 0.05) is 38.4 Å². The zero-order valence-corrected chi connectivity index (χ0v) is 12.7. The third-order valence-electron chi connectivity index (χ3n) is 3.87. The van der Waals surface area contributed by atoms with Crippen molar-refractivity contribution in [2.75, 3.05) is 31.1 Å². The third-order valence-corrected chi connectivity index (χ3v) is 3.87. The van der Waals surface area contributed by atoms with E-state index in [1.54, 1.807) is 6.20 Å². The van der Waals surface area contributed by atoms with E-state index < -0.39 is 16.4 Å². The molecule has 1 fully saturated rings. The Morgan fingerprint density at radius 3 is 2.62 bits per heavy atom. The molecule has 0 aromatic carbocycles. The molecule has 0 atom stereocenters. The number of carbonyl (C=O) groups is 1. The van der Waals surface area contributed by atoms with Crippen LogP contribution in [-0.4, -0.2) is 51.9 Å². The molecule has 124 valence electrons. The normalized spacial score (nSPS) is 14.5. The quantitative estimate of drug-likeness (QED) is 0.653. The maximum atomic E-state index is 12.5. The summed E-state index contributed by atoms with van der Waals surface area (Å²) >= 11 is 0. The van der Waals surface area contributed by atoms with Crippen molar-refractivity contribution in [2.24, 2.45) is 0 Å². The average molecular weight is 329 g/mol. The van der Waals surface area contributed by atoms with Crippen LogP contribution in [0, 0.1) is 10.1 Å². The fourth-order valence-electron chi connectivity index (χ4n) is 2.59. The lowest BCUT2D eigenvalue weighted by molar-refractivity contribution is -0.385. The van der Waals surface area contributed by atoms with Gasteiger partial charge in [-0.2, -0.15) is 0 Å². The highest BCUT2D eigenvalue weighted by Gasteiger charge is 2.25. The fraction of sp³-hybridized carbons (Fsp3) is 0.267. The Morgan fingerprint density at radius 2 is 2.00 bits per heavy atom. The van der Waals surface area contributed by atoms with Gasteiger partial charge in [-0.15, -0.1) is 0 Å². The summed E-state index contributed by atoms with van der Waals surface area (Å²) in [6, 6.07) is 6.63. The molecule has 1 saturated heterocycles. The summed E-state index contributed by atoms with van der Waals surface area (Å²) in [6.07, 6.45) is 2.69. The lowest BCUT2D eigenvalue weighted by Gasteiger charge is -2.35. The first-order valence-corrected chi connectivity index (χ1v) is 7.38. The molecular weight excluding hydrogens is 314 g/mol. The van der Waals surface area contributed by atoms with Crippen molar-refractivity contribution >= 4 is 17.4 Å². The Morgan fingerprint density at radius 1 is 1.25 bits per heavy atom. The number of nitro groups is 1. The van der Waals surface area contributed by atoms with Gasteiger partial charge in [-0.3, -0.25) is 19.7 Å². The van der Waals surface area contributed by atoms with Gasteiger partial charge in [-0.1, -0.05) is 6.07 Å². The molecular formula is C15H15N5O4. The molecule has 9 heteroatoms. The lowest BCUT2D eigenvalue weighted by Crippen LogP contribution is -2.49. The van der Waals surface area contributed by atoms with Gasteiger partial charge in [-0.25, -0.2) is 4.98 Å². The molecule has 1 aliphatic rings. The number of hydrogen-bond donors (Lipinski definition) is 1. The molecule has 9 nitrogen and oxygen atoms in total. The molecule has 0 bridgehead atoms. The fourth-order valence-corrected chi connectivity index (χ4v) is 2.59. The Balaban J connectivity index is 1.73. The molecule has 3 heterocycles. The first-order chi connectivity index (χ1) is 11.6. The number of aromatic amines is 1. The van der Waals surface area contributed by atoms with E-state index in [1.807, 2.05) is 23.1 Å². The molecule has 0 aliphatic carbocycles. The van der Waals surface area contributed by atoms with Gasteiger partial charge >= 0.3 is 0 Å². The van der Waals surface area contributed by atoms with E-state index in [0.29, 0.717) is 26.2 Å². The molecule has 3 rings (SSSR count). The largest absolute Gasteiger partial charge is 0.353 e. The summed E-state index contributed by atoms with van der Waals surface area (Å²) in [7, 11) is 0. The first kappa shape index (κ1) is 15.7. The zero-order valence-electron chi connectivity index (χ0n) is 12.7. The van der Waals surface area contributed by atoms with E-state index >= 15 is 0 Å². The van der Waals surface area contributed by atoms with Crippen molar-refractivity contribution < 1.29 is 9.72 Å². The van der Waals surface area contributed by atoms with E-state index in [-0.39, 0.29) is 11.3 Å². The molecule has 0 radical (unpaired) electrons. The Hall–Kier alpha value is -3.23. The summed E-state index contributed by atoms with van der Waals surface area (Å²) in [5.74, 6) is 0.332. The molecule has 1 aliphatic heterocycles. The maximum absolute atomic E-state index is 12.5. The predicted molar refractivity (Wildman–Crippen MR) is 86.1 cm³/mol. The topological polar surface area (TPSA) is 112 Å². The van der Waals surface area contributed by atoms with Crippen molar-refractivity contribution in [1.82, 2.24) is 14.9 Å². The first-order valence-electron chi connectivity index (χ1n) is 7.38. The summed E-state index contributed by atoms with van der Waals surface area (Å²) in [4.78, 5) is 44.5. The number of amides is 1. The Kier molecular flexibility index (Phi) is 4.23. The smallest absolute Gasteiger partial charge is 0.286 e. The van der Waals surface area contributed by atoms with Crippen molar-refractivity contribution in [1.29, 1.82) is 0 Å². The molecule has 2 aromatic rings. The molecule has 1 N–H and O–H groups in total. The second kappa shape index (κ2) is 6.49. The van der Waals surface area contributed by atoms with E-state index in [0.717, 1.165) is 18.1 Å². The van der Waals surface area contributed by atoms with E-state index in [4.69, 9.17) is 0 Å². The lowest BCUT2D eigenvalue weighted by atomic mass is 10.2. The number of aromatic nitrogens is 2. The van der Waals surface area contributed by atoms with Crippen LogP contribution in [0.4, 0.5) is 11.5 Å². The standard InChI is InChI=1S/C15H15N5O4/c21-14-12(9-11(10-17-14)20(23)24)15(22)19-7-5-18(6-8-19)13-3-1-2-4-16-13/h1-4,9-10H,5-8H2,(H,17,21). The number of piperazine rings is 1. The average Bonchev–Trinajstić information content (AvgIpc) is 2.62. The number of carbonyl (C=O) groups excluding carboxylic acids is 1. The van der Waals surface area contributed by atoms with Crippen molar-refractivity contribution in [3.8, 4) is 0 Å². The summed E-state index contributed by atoms with van der Waals surface area (Å²) in [6.45, 7) is 1.99. The molecule has 24 heavy (non-hydrogen) atoms. The number of nitrogens with one attached hydrogen (secondary N) is 1. The van der Waals surface area contributed by atoms with Crippen LogP contribution < -0.4 is 10.5 Å². The van der Waals surface area contributed by atoms with Crippen LogP contribution >= 0.6 is 0 Å². The summed E-state index contributed by atoms with van der Waals surface area (Å²) in [5, 5.41) is 10.8. The Bertz CT molecular complexity index is 812. The van der Waals surface area contributed by atoms with E-state index in [2.05, 4.69) is 9.97 Å². The van der Waals surface area contributed by atoms with Gasteiger partial charge in [0.15, 0.2) is 0 Å². The second-order valence-electron chi connectivity index (χ2n) is 5.32. The minimum atomic E-state index is -0.647. The van der Waals surface area contributed by atoms with Crippen LogP contribution in [0.5, 0.6) is 0 Å². The second-order valence-corrected chi connectivity index (χ2v) is 5.32. The number of nitrogens with zero attached hydrogens (tertiary/aromatic N) is 4. The molecule has 0 spiro atoms. The van der Waals surface area contributed by atoms with E-state index in [1.165, 1.54) is 4.90 Å². The van der Waals surface area contributed by atoms with Crippen LogP contribution in [-0.2, 0) is 0 Å². The van der Waals surface area contributed by atoms with Crippen molar-refractivity contribution in [3.63, 3.8) is 0 Å². The van der Waals surface area contributed by atoms with Crippen LogP contribution in [0.25, 0.3) is 0 Å². The predicted octanol–water partition coefficient (Wildman–Crippen LogP) is 0.640. The number of hydrogen-bond acceptors (Lipinski definition) is 6. The highest BCUT2D eigenvalue weighted by atomic mass is 16.6. The minimum Gasteiger partial charge on any atom is -0.353 e. The van der Waals surface area contributed by atoms with Gasteiger partial charge in [0.05, 0.1) is 11.1 Å². The van der Waals surface area contributed by atoms with Crippen molar-refractivity contribution in [3.05, 3.63) is 62.7 Å². The van der Waals surface area contributed by atoms with Gasteiger partial charge in [0.2, 0.25) is 0 Å². The monoisotopic (exact) mass is 329 g/mol. The number of anilines is 1. The molecule has 0 saturated carbocycles. The molecule has 2 aromatic heterocycles. The van der Waals surface area contributed by atoms with Crippen LogP contribution in [0.15, 0.2) is 41.5 Å². The van der Waals surface area contributed by atoms with Crippen molar-refractivity contribution in [2.45, 2.75) is 0 Å². The zero-order chi connectivity index (χ0) is 17.1. The van der Waals surface area contributed by atoms with E-state index in [9.17, 15) is 19.7 Å². The number of H-pyrrole nitrogens is 1. The Labute approximate surface area is 136 Å². The number of rotatable bonds is 3. The highest BCUT2D eigenvalue weighted by molar-refractivity contribution is 5.94. The van der Waals surface area contributed by atoms with Crippen LogP contribution in [0.1, 0.15) is 10.4 Å². The summed E-state index contributed by atoms with van der Waals surface area (Å²) < 4.78 is 0. The van der Waals surface area contributed by atoms with Crippen LogP contribution in [0.2, 0.25) is 0 Å². The minimum absolute atomic E-state index is 0.213. The molecule has 0 unspecified atom stereocenters. The highest BCUT2D eigenvalue weighted by Crippen LogP contribution is 2.15. The van der Waals surface area contributed by atoms with Crippen LogP contribution in [0.3, 0.4) is 0 Å². The van der Waals surface area contributed by atoms with Gasteiger partial charge in [0.25, 0.3) is 17.2 Å². The van der Waals surface area contributed by atoms with Gasteiger partial charge in [0.1, 0.15) is 11.4 Å². The summed E-state index contributed by atoms with van der Waals surface area (Å²) in [5.41, 5.74) is -1.15. The molecule has 1 amide bonds. The van der Waals surface area contributed by atoms with Gasteiger partial charge < -0.3 is 14.8 Å². The number of pyridine rings is 2. The van der Waals surface area contributed by atoms with Gasteiger partial charge in [-0.05, 0) is 12.1 Å². The third kappa shape index (κ3) is 3.09. The SMILES string of the molecule is O=C(c1cc([N+](=O)[O-])c[nH]c1=O)N1CCN(c2ccccn2)CC1.